The first-order chi connectivity index (χ1) is 45.9. The summed E-state index contributed by atoms with van der Waals surface area (Å²) in [4.78, 5) is 72.8. The maximum Gasteiger partial charge on any atom is 0.472 e. The molecule has 0 aliphatic carbocycles. The monoisotopic (exact) mass is 1400 g/mol. The van der Waals surface area contributed by atoms with Crippen LogP contribution in [0.15, 0.2) is 0 Å². The highest BCUT2D eigenvalue weighted by molar-refractivity contribution is 7.47. The molecule has 0 aromatic carbocycles. The summed E-state index contributed by atoms with van der Waals surface area (Å²) in [5, 5.41) is 10.6. The average Bonchev–Trinajstić information content (AvgIpc) is 2.58. The number of ether oxygens (including phenoxy) is 4. The van der Waals surface area contributed by atoms with Gasteiger partial charge in [-0.05, 0) is 37.5 Å². The zero-order valence-electron chi connectivity index (χ0n) is 62.0. The molecule has 0 bridgehead atoms. The first-order valence-corrected chi connectivity index (χ1v) is 42.5. The van der Waals surface area contributed by atoms with Crippen molar-refractivity contribution in [1.82, 2.24) is 0 Å². The maximum absolute atomic E-state index is 13.1. The second-order valence-electron chi connectivity index (χ2n) is 28.3. The van der Waals surface area contributed by atoms with Gasteiger partial charge in [-0.1, -0.05) is 343 Å². The lowest BCUT2D eigenvalue weighted by Crippen LogP contribution is -2.30. The number of hydrogen-bond acceptors (Lipinski definition) is 15. The third kappa shape index (κ3) is 70.3. The fourth-order valence-corrected chi connectivity index (χ4v) is 13.2. The summed E-state index contributed by atoms with van der Waals surface area (Å²) in [6.07, 6.45) is 55.3. The summed E-state index contributed by atoms with van der Waals surface area (Å²) in [5.41, 5.74) is 0. The van der Waals surface area contributed by atoms with Gasteiger partial charge in [0, 0.05) is 25.7 Å². The molecular weight excluding hydrogens is 1250 g/mol. The number of esters is 4. The Morgan fingerprint density at radius 1 is 0.284 bits per heavy atom. The van der Waals surface area contributed by atoms with E-state index in [1.807, 2.05) is 0 Å². The molecule has 3 N–H and O–H groups in total. The van der Waals surface area contributed by atoms with Crippen molar-refractivity contribution in [2.75, 3.05) is 39.6 Å². The summed E-state index contributed by atoms with van der Waals surface area (Å²) >= 11 is 0. The molecule has 0 aliphatic heterocycles. The summed E-state index contributed by atoms with van der Waals surface area (Å²) in [5.74, 6) is -0.544. The van der Waals surface area contributed by atoms with Crippen LogP contribution < -0.4 is 0 Å². The molecular formula is C76H148O17P2. The number of hydrogen-bond donors (Lipinski definition) is 3. The van der Waals surface area contributed by atoms with Crippen molar-refractivity contribution < 1.29 is 80.2 Å². The van der Waals surface area contributed by atoms with Crippen molar-refractivity contribution in [2.45, 2.75) is 413 Å². The standard InChI is InChI=1S/C76H148O17P2/c1-7-9-11-13-15-17-19-21-30-36-42-48-54-60-75(80)92-71(64-86-73(78)58-52-46-40-34-26-18-16-14-12-10-8-2)66-90-94(82,83)88-62-70(77)63-89-95(84,85)91-67-72(65-87-74(79)59-53-47-41-35-29-25-24-28-33-39-45-51-57-69(5)6)93-76(81)61-55-49-43-37-31-23-20-22-27-32-38-44-50-56-68(3)4/h68-72,77H,7-67H2,1-6H3,(H,82,83)(H,84,85)/t70-,71+,72+/m0/s1. The first kappa shape index (κ1) is 93.1. The van der Waals surface area contributed by atoms with E-state index in [1.54, 1.807) is 0 Å². The van der Waals surface area contributed by atoms with Crippen molar-refractivity contribution in [3.8, 4) is 0 Å². The van der Waals surface area contributed by atoms with Gasteiger partial charge in [0.15, 0.2) is 12.2 Å². The second kappa shape index (κ2) is 67.9. The summed E-state index contributed by atoms with van der Waals surface area (Å²) in [6.45, 7) is 9.63. The van der Waals surface area contributed by atoms with Crippen molar-refractivity contribution in [1.29, 1.82) is 0 Å². The van der Waals surface area contributed by atoms with Gasteiger partial charge in [0.2, 0.25) is 0 Å². The fraction of sp³-hybridized carbons (Fsp3) is 0.947. The summed E-state index contributed by atoms with van der Waals surface area (Å²) in [6, 6.07) is 0. The number of aliphatic hydroxyl groups is 1. The van der Waals surface area contributed by atoms with Crippen LogP contribution in [-0.4, -0.2) is 96.7 Å². The molecule has 95 heavy (non-hydrogen) atoms. The smallest absolute Gasteiger partial charge is 0.462 e. The van der Waals surface area contributed by atoms with Gasteiger partial charge in [-0.2, -0.15) is 0 Å². The molecule has 0 rings (SSSR count). The van der Waals surface area contributed by atoms with Crippen molar-refractivity contribution in [2.24, 2.45) is 11.8 Å². The van der Waals surface area contributed by atoms with Gasteiger partial charge in [0.1, 0.15) is 19.3 Å². The van der Waals surface area contributed by atoms with Gasteiger partial charge in [-0.15, -0.1) is 0 Å². The van der Waals surface area contributed by atoms with E-state index in [4.69, 9.17) is 37.0 Å². The Kier molecular flexibility index (Phi) is 66.5. The number of aliphatic hydroxyl groups excluding tert-OH is 1. The quantitative estimate of drug-likeness (QED) is 0.0222. The van der Waals surface area contributed by atoms with E-state index in [0.717, 1.165) is 102 Å². The Labute approximate surface area is 581 Å². The predicted octanol–water partition coefficient (Wildman–Crippen LogP) is 22.3. The normalized spacial score (nSPS) is 14.0. The molecule has 5 atom stereocenters. The summed E-state index contributed by atoms with van der Waals surface area (Å²) in [7, 11) is -9.91. The lowest BCUT2D eigenvalue weighted by atomic mass is 10.0. The molecule has 0 aromatic heterocycles. The number of carbonyl (C=O) groups excluding carboxylic acids is 4. The molecule has 0 radical (unpaired) electrons. The average molecular weight is 1400 g/mol. The molecule has 0 saturated heterocycles. The number of phosphoric acid groups is 2. The molecule has 0 heterocycles. The molecule has 0 saturated carbocycles. The molecule has 0 aliphatic rings. The van der Waals surface area contributed by atoms with E-state index in [1.165, 1.54) is 212 Å². The Morgan fingerprint density at radius 3 is 0.716 bits per heavy atom. The number of unbranched alkanes of at least 4 members (excludes halogenated alkanes) is 45. The highest BCUT2D eigenvalue weighted by atomic mass is 31.2. The van der Waals surface area contributed by atoms with Crippen LogP contribution in [0.5, 0.6) is 0 Å². The molecule has 0 aromatic rings. The number of rotatable bonds is 75. The van der Waals surface area contributed by atoms with Gasteiger partial charge in [-0.25, -0.2) is 9.13 Å². The minimum absolute atomic E-state index is 0.107. The maximum atomic E-state index is 13.1. The Hall–Kier alpha value is -1.94. The fourth-order valence-electron chi connectivity index (χ4n) is 11.7. The topological polar surface area (TPSA) is 237 Å². The van der Waals surface area contributed by atoms with Crippen LogP contribution in [-0.2, 0) is 65.4 Å². The van der Waals surface area contributed by atoms with Crippen LogP contribution in [0, 0.1) is 11.8 Å². The van der Waals surface area contributed by atoms with E-state index in [-0.39, 0.29) is 25.7 Å². The van der Waals surface area contributed by atoms with Crippen LogP contribution >= 0.6 is 15.6 Å². The number of phosphoric ester groups is 2. The van der Waals surface area contributed by atoms with E-state index in [9.17, 15) is 43.2 Å². The minimum Gasteiger partial charge on any atom is -0.462 e. The van der Waals surface area contributed by atoms with Gasteiger partial charge in [0.05, 0.1) is 26.4 Å². The lowest BCUT2D eigenvalue weighted by Gasteiger charge is -2.21. The zero-order valence-corrected chi connectivity index (χ0v) is 63.8. The zero-order chi connectivity index (χ0) is 70.0. The Bertz CT molecular complexity index is 1840. The Morgan fingerprint density at radius 2 is 0.484 bits per heavy atom. The van der Waals surface area contributed by atoms with Gasteiger partial charge in [0.25, 0.3) is 0 Å². The minimum atomic E-state index is -4.96. The van der Waals surface area contributed by atoms with Gasteiger partial charge >= 0.3 is 39.5 Å². The molecule has 0 fully saturated rings. The molecule has 17 nitrogen and oxygen atoms in total. The van der Waals surface area contributed by atoms with Gasteiger partial charge < -0.3 is 33.8 Å². The highest BCUT2D eigenvalue weighted by Crippen LogP contribution is 2.45. The summed E-state index contributed by atoms with van der Waals surface area (Å²) < 4.78 is 68.6. The van der Waals surface area contributed by atoms with E-state index in [0.29, 0.717) is 25.7 Å². The third-order valence-electron chi connectivity index (χ3n) is 17.7. The SMILES string of the molecule is CCCCCCCCCCCCCCCC(=O)O[C@H](COC(=O)CCCCCCCCCCCCC)COP(=O)(O)OC[C@H](O)COP(=O)(O)OC[C@@H](COC(=O)CCCCCCCCCCCCCCC(C)C)OC(=O)CCCCCCCCCCCCCCCC(C)C. The van der Waals surface area contributed by atoms with E-state index in [2.05, 4.69) is 41.5 Å². The predicted molar refractivity (Wildman–Crippen MR) is 386 cm³/mol. The molecule has 564 valence electrons. The van der Waals surface area contributed by atoms with Crippen molar-refractivity contribution >= 4 is 39.5 Å². The molecule has 0 amide bonds. The number of carbonyl (C=O) groups is 4. The van der Waals surface area contributed by atoms with Crippen LogP contribution in [0.2, 0.25) is 0 Å². The van der Waals surface area contributed by atoms with Crippen molar-refractivity contribution in [3.05, 3.63) is 0 Å². The molecule has 0 spiro atoms. The Balaban J connectivity index is 5.26. The first-order valence-electron chi connectivity index (χ1n) is 39.5. The largest absolute Gasteiger partial charge is 0.472 e. The van der Waals surface area contributed by atoms with Crippen LogP contribution in [0.3, 0.4) is 0 Å². The molecule has 19 heteroatoms. The lowest BCUT2D eigenvalue weighted by molar-refractivity contribution is -0.161. The van der Waals surface area contributed by atoms with E-state index < -0.39 is 97.5 Å². The van der Waals surface area contributed by atoms with E-state index >= 15 is 0 Å². The second-order valence-corrected chi connectivity index (χ2v) is 31.3. The van der Waals surface area contributed by atoms with Crippen LogP contribution in [0.4, 0.5) is 0 Å². The van der Waals surface area contributed by atoms with Crippen molar-refractivity contribution in [3.63, 3.8) is 0 Å². The third-order valence-corrected chi connectivity index (χ3v) is 19.6. The van der Waals surface area contributed by atoms with Crippen LogP contribution in [0.1, 0.15) is 395 Å². The van der Waals surface area contributed by atoms with Crippen LogP contribution in [0.25, 0.3) is 0 Å². The molecule has 2 unspecified atom stereocenters. The van der Waals surface area contributed by atoms with Gasteiger partial charge in [-0.3, -0.25) is 37.3 Å². The highest BCUT2D eigenvalue weighted by Gasteiger charge is 2.30.